The second-order valence-electron chi connectivity index (χ2n) is 9.12. The van der Waals surface area contributed by atoms with Gasteiger partial charge in [-0.3, -0.25) is 14.3 Å². The molecule has 7 heteroatoms. The molecule has 1 saturated heterocycles. The normalized spacial score (nSPS) is 14.4. The molecular formula is C26H29N5O2. The molecule has 0 N–H and O–H groups in total. The number of amides is 1. The summed E-state index contributed by atoms with van der Waals surface area (Å²) in [5, 5.41) is 5.68. The number of aromatic nitrogens is 4. The molecule has 0 saturated carbocycles. The summed E-state index contributed by atoms with van der Waals surface area (Å²) in [6, 6.07) is 3.48. The van der Waals surface area contributed by atoms with E-state index < -0.39 is 0 Å². The van der Waals surface area contributed by atoms with Gasteiger partial charge in [0.2, 0.25) is 0 Å². The number of nitrogens with zero attached hydrogens (tertiary/aromatic N) is 5. The summed E-state index contributed by atoms with van der Waals surface area (Å²) in [5.41, 5.74) is 7.51. The second kappa shape index (κ2) is 7.83. The Labute approximate surface area is 193 Å². The summed E-state index contributed by atoms with van der Waals surface area (Å²) in [4.78, 5) is 33.5. The lowest BCUT2D eigenvalue weighted by Gasteiger charge is -2.30. The van der Waals surface area contributed by atoms with Crippen molar-refractivity contribution in [3.8, 4) is 16.9 Å². The van der Waals surface area contributed by atoms with Gasteiger partial charge in [-0.15, -0.1) is 0 Å². The van der Waals surface area contributed by atoms with Crippen molar-refractivity contribution in [1.82, 2.24) is 24.2 Å². The zero-order chi connectivity index (χ0) is 23.4. The highest BCUT2D eigenvalue weighted by Crippen LogP contribution is 2.38. The number of fused-ring (bicyclic) bond motifs is 3. The van der Waals surface area contributed by atoms with Crippen molar-refractivity contribution in [3.05, 3.63) is 62.8 Å². The first-order valence-electron chi connectivity index (χ1n) is 11.6. The van der Waals surface area contributed by atoms with E-state index in [0.29, 0.717) is 22.6 Å². The van der Waals surface area contributed by atoms with Crippen molar-refractivity contribution in [2.45, 2.75) is 53.9 Å². The highest BCUT2D eigenvalue weighted by Gasteiger charge is 2.31. The van der Waals surface area contributed by atoms with Gasteiger partial charge in [-0.05, 0) is 88.3 Å². The second-order valence-corrected chi connectivity index (χ2v) is 9.12. The van der Waals surface area contributed by atoms with Gasteiger partial charge in [-0.1, -0.05) is 0 Å². The fourth-order valence-corrected chi connectivity index (χ4v) is 5.17. The van der Waals surface area contributed by atoms with E-state index in [1.165, 1.54) is 4.68 Å². The predicted octanol–water partition coefficient (Wildman–Crippen LogP) is 4.68. The number of hydrogen-bond acceptors (Lipinski definition) is 4. The van der Waals surface area contributed by atoms with Crippen LogP contribution in [-0.4, -0.2) is 43.4 Å². The highest BCUT2D eigenvalue weighted by atomic mass is 16.2. The van der Waals surface area contributed by atoms with Crippen LogP contribution in [0.1, 0.15) is 47.2 Å². The van der Waals surface area contributed by atoms with Crippen LogP contribution in [0.4, 0.5) is 4.79 Å². The van der Waals surface area contributed by atoms with Crippen molar-refractivity contribution in [2.24, 2.45) is 0 Å². The van der Waals surface area contributed by atoms with E-state index in [9.17, 15) is 9.59 Å². The average molecular weight is 444 g/mol. The van der Waals surface area contributed by atoms with Gasteiger partial charge in [0.15, 0.2) is 0 Å². The quantitative estimate of drug-likeness (QED) is 0.428. The highest BCUT2D eigenvalue weighted by molar-refractivity contribution is 6.04. The Morgan fingerprint density at radius 2 is 1.52 bits per heavy atom. The smallest absolute Gasteiger partial charge is 0.324 e. The van der Waals surface area contributed by atoms with E-state index in [2.05, 4.69) is 32.7 Å². The van der Waals surface area contributed by atoms with E-state index in [0.717, 1.165) is 65.5 Å². The minimum Gasteiger partial charge on any atom is -0.324 e. The number of carbonyl (C=O) groups excluding carboxylic acids is 1. The molecule has 1 amide bonds. The Bertz CT molecular complexity index is 1430. The van der Waals surface area contributed by atoms with Crippen LogP contribution in [0.25, 0.3) is 27.8 Å². The monoisotopic (exact) mass is 443 g/mol. The molecule has 0 aliphatic carbocycles. The summed E-state index contributed by atoms with van der Waals surface area (Å²) in [6.45, 7) is 11.7. The molecule has 0 spiro atoms. The van der Waals surface area contributed by atoms with Crippen LogP contribution in [0.3, 0.4) is 0 Å². The van der Waals surface area contributed by atoms with Gasteiger partial charge in [0.25, 0.3) is 5.56 Å². The molecule has 3 aliphatic heterocycles. The lowest BCUT2D eigenvalue weighted by atomic mass is 9.91. The Morgan fingerprint density at radius 1 is 0.879 bits per heavy atom. The molecule has 3 aliphatic rings. The summed E-state index contributed by atoms with van der Waals surface area (Å²) in [6.07, 6.45) is 6.46. The standard InChI is InChI=1S/C26H29N5O2/c1-15-16(2)18(4)24-21(17(15)3)23-22(25(32)31(28-23)20-9-11-27-12-10-20)19(5)30(24)26(33)29-13-7-6-8-14-29/h9-12H,6-8,13-14H2,1-5H3. The van der Waals surface area contributed by atoms with Crippen molar-refractivity contribution in [2.75, 3.05) is 13.1 Å². The molecule has 0 atom stereocenters. The van der Waals surface area contributed by atoms with Gasteiger partial charge in [0.1, 0.15) is 5.69 Å². The van der Waals surface area contributed by atoms with Gasteiger partial charge >= 0.3 is 6.03 Å². The van der Waals surface area contributed by atoms with Crippen molar-refractivity contribution in [1.29, 1.82) is 0 Å². The molecule has 4 heterocycles. The zero-order valence-electron chi connectivity index (χ0n) is 19.9. The molecule has 1 aromatic heterocycles. The number of benzene rings is 1. The predicted molar refractivity (Wildman–Crippen MR) is 130 cm³/mol. The van der Waals surface area contributed by atoms with Crippen molar-refractivity contribution < 1.29 is 4.79 Å². The van der Waals surface area contributed by atoms with Gasteiger partial charge < -0.3 is 4.90 Å². The Balaban J connectivity index is 1.94. The fraction of sp³-hybridized carbons (Fsp3) is 0.385. The first-order chi connectivity index (χ1) is 15.8. The molecule has 33 heavy (non-hydrogen) atoms. The first-order valence-corrected chi connectivity index (χ1v) is 11.6. The van der Waals surface area contributed by atoms with Gasteiger partial charge in [0.05, 0.1) is 16.8 Å². The van der Waals surface area contributed by atoms with Crippen LogP contribution in [0.15, 0.2) is 29.3 Å². The minimum absolute atomic E-state index is 0.0547. The Morgan fingerprint density at radius 3 is 2.18 bits per heavy atom. The molecule has 5 rings (SSSR count). The van der Waals surface area contributed by atoms with E-state index in [1.807, 2.05) is 11.8 Å². The van der Waals surface area contributed by atoms with Crippen molar-refractivity contribution >= 4 is 16.9 Å². The van der Waals surface area contributed by atoms with Crippen LogP contribution in [0.2, 0.25) is 0 Å². The summed E-state index contributed by atoms with van der Waals surface area (Å²) in [5.74, 6) is 0. The maximum Gasteiger partial charge on any atom is 0.328 e. The van der Waals surface area contributed by atoms with E-state index in [-0.39, 0.29) is 11.6 Å². The van der Waals surface area contributed by atoms with Crippen LogP contribution >= 0.6 is 0 Å². The third-order valence-corrected chi connectivity index (χ3v) is 7.38. The number of piperidine rings is 1. The topological polar surface area (TPSA) is 73.0 Å². The van der Waals surface area contributed by atoms with Crippen molar-refractivity contribution in [3.63, 3.8) is 0 Å². The first kappa shape index (κ1) is 21.4. The average Bonchev–Trinajstić information content (AvgIpc) is 3.19. The number of likely N-dealkylation sites (tertiary alicyclic amines) is 1. The van der Waals surface area contributed by atoms with E-state index in [1.54, 1.807) is 29.1 Å². The van der Waals surface area contributed by atoms with Crippen LogP contribution in [0.5, 0.6) is 0 Å². The maximum absolute atomic E-state index is 13.9. The van der Waals surface area contributed by atoms with Crippen LogP contribution in [0, 0.1) is 34.6 Å². The molecule has 1 aromatic carbocycles. The molecule has 7 nitrogen and oxygen atoms in total. The zero-order valence-corrected chi connectivity index (χ0v) is 19.9. The van der Waals surface area contributed by atoms with Gasteiger partial charge in [-0.2, -0.15) is 9.78 Å². The third kappa shape index (κ3) is 3.09. The summed E-state index contributed by atoms with van der Waals surface area (Å²) in [7, 11) is 0. The maximum atomic E-state index is 13.9. The van der Waals surface area contributed by atoms with E-state index >= 15 is 0 Å². The SMILES string of the molecule is Cc1c(C)c(C)c2c(c3nn(-c4ccncc4)c(=O)c-3c(C)n2C(=O)N2CCCCC2)c1C. The number of carbonyl (C=O) groups is 1. The molecule has 170 valence electrons. The van der Waals surface area contributed by atoms with E-state index in [4.69, 9.17) is 5.10 Å². The van der Waals surface area contributed by atoms with Gasteiger partial charge in [0, 0.05) is 36.6 Å². The lowest BCUT2D eigenvalue weighted by Crippen LogP contribution is -2.40. The summed E-state index contributed by atoms with van der Waals surface area (Å²) < 4.78 is 3.20. The molecule has 1 fully saturated rings. The fourth-order valence-electron chi connectivity index (χ4n) is 5.17. The number of rotatable bonds is 1. The minimum atomic E-state index is -0.217. The molecule has 0 radical (unpaired) electrons. The Hall–Kier alpha value is -3.48. The Kier molecular flexibility index (Phi) is 5.07. The third-order valence-electron chi connectivity index (χ3n) is 7.38. The van der Waals surface area contributed by atoms with Gasteiger partial charge in [-0.25, -0.2) is 4.79 Å². The molecule has 2 aromatic rings. The largest absolute Gasteiger partial charge is 0.328 e. The number of aryl methyl sites for hydroxylation is 2. The number of pyridine rings is 2. The number of hydrogen-bond donors (Lipinski definition) is 0. The van der Waals surface area contributed by atoms with Crippen LogP contribution < -0.4 is 5.56 Å². The summed E-state index contributed by atoms with van der Waals surface area (Å²) >= 11 is 0. The lowest BCUT2D eigenvalue weighted by molar-refractivity contribution is 0.188. The van der Waals surface area contributed by atoms with Crippen LogP contribution in [-0.2, 0) is 0 Å². The molecule has 0 unspecified atom stereocenters. The molecular weight excluding hydrogens is 414 g/mol. The molecule has 0 bridgehead atoms.